The van der Waals surface area contributed by atoms with Gasteiger partial charge >= 0.3 is 0 Å². The van der Waals surface area contributed by atoms with Crippen molar-refractivity contribution < 1.29 is 18.3 Å². The quantitative estimate of drug-likeness (QED) is 0.928. The third-order valence-corrected chi connectivity index (χ3v) is 7.24. The lowest BCUT2D eigenvalue weighted by Crippen LogP contribution is -2.52. The molecule has 0 bridgehead atoms. The zero-order valence-electron chi connectivity index (χ0n) is 11.7. The number of benzene rings is 1. The van der Waals surface area contributed by atoms with Gasteiger partial charge in [-0.2, -0.15) is 4.31 Å². The number of thiophene rings is 1. The number of likely N-dealkylation sites (N-methyl/N-ethyl adjacent to an activating group) is 1. The SMILES string of the molecule is CN(C1(CO)CCOC1)S(=O)(=O)c1csc2ccccc12. The second-order valence-corrected chi connectivity index (χ2v) is 8.10. The molecule has 1 aliphatic heterocycles. The fourth-order valence-electron chi connectivity index (χ4n) is 2.62. The van der Waals surface area contributed by atoms with E-state index in [1.807, 2.05) is 24.3 Å². The first-order valence-electron chi connectivity index (χ1n) is 6.65. The van der Waals surface area contributed by atoms with Crippen LogP contribution in [0.25, 0.3) is 10.1 Å². The summed E-state index contributed by atoms with van der Waals surface area (Å²) in [5.74, 6) is 0. The maximum Gasteiger partial charge on any atom is 0.244 e. The smallest absolute Gasteiger partial charge is 0.244 e. The molecule has 1 fully saturated rings. The predicted molar refractivity (Wildman–Crippen MR) is 82.0 cm³/mol. The Morgan fingerprint density at radius 3 is 2.86 bits per heavy atom. The number of fused-ring (bicyclic) bond motifs is 1. The lowest BCUT2D eigenvalue weighted by Gasteiger charge is -2.34. The minimum absolute atomic E-state index is 0.224. The van der Waals surface area contributed by atoms with Crippen LogP contribution >= 0.6 is 11.3 Å². The van der Waals surface area contributed by atoms with E-state index in [1.165, 1.54) is 22.7 Å². The van der Waals surface area contributed by atoms with E-state index in [2.05, 4.69) is 0 Å². The second kappa shape index (κ2) is 5.33. The largest absolute Gasteiger partial charge is 0.394 e. The number of rotatable bonds is 4. The van der Waals surface area contributed by atoms with Gasteiger partial charge in [0.15, 0.2) is 0 Å². The Hall–Kier alpha value is -0.990. The molecule has 2 heterocycles. The zero-order chi connectivity index (χ0) is 15.1. The first kappa shape index (κ1) is 14.9. The van der Waals surface area contributed by atoms with Gasteiger partial charge in [0, 0.05) is 29.1 Å². The van der Waals surface area contributed by atoms with Crippen molar-refractivity contribution in [3.63, 3.8) is 0 Å². The normalized spacial score (nSPS) is 23.2. The van der Waals surface area contributed by atoms with Crippen molar-refractivity contribution in [3.05, 3.63) is 29.6 Å². The molecule has 1 N–H and O–H groups in total. The predicted octanol–water partition coefficient (Wildman–Crippen LogP) is 1.67. The Morgan fingerprint density at radius 2 is 2.19 bits per heavy atom. The molecule has 0 spiro atoms. The van der Waals surface area contributed by atoms with Crippen LogP contribution in [0.5, 0.6) is 0 Å². The highest BCUT2D eigenvalue weighted by molar-refractivity contribution is 7.89. The van der Waals surface area contributed by atoms with E-state index in [1.54, 1.807) is 5.38 Å². The molecule has 1 aliphatic rings. The first-order valence-corrected chi connectivity index (χ1v) is 8.97. The van der Waals surface area contributed by atoms with Gasteiger partial charge in [-0.1, -0.05) is 18.2 Å². The van der Waals surface area contributed by atoms with Crippen LogP contribution < -0.4 is 0 Å². The summed E-state index contributed by atoms with van der Waals surface area (Å²) in [6.07, 6.45) is 0.501. The second-order valence-electron chi connectivity index (χ2n) is 5.25. The van der Waals surface area contributed by atoms with Crippen LogP contribution in [0.2, 0.25) is 0 Å². The Morgan fingerprint density at radius 1 is 1.43 bits per heavy atom. The highest BCUT2D eigenvalue weighted by atomic mass is 32.2. The van der Waals surface area contributed by atoms with Crippen LogP contribution in [0.1, 0.15) is 6.42 Å². The molecule has 21 heavy (non-hydrogen) atoms. The molecule has 1 aromatic heterocycles. The summed E-state index contributed by atoms with van der Waals surface area (Å²) in [4.78, 5) is 0.297. The number of sulfonamides is 1. The van der Waals surface area contributed by atoms with Crippen LogP contribution in [0.15, 0.2) is 34.5 Å². The molecule has 7 heteroatoms. The number of hydrogen-bond donors (Lipinski definition) is 1. The van der Waals surface area contributed by atoms with E-state index < -0.39 is 15.6 Å². The van der Waals surface area contributed by atoms with Crippen molar-refractivity contribution in [3.8, 4) is 0 Å². The van der Waals surface area contributed by atoms with Crippen LogP contribution in [0, 0.1) is 0 Å². The maximum absolute atomic E-state index is 12.9. The molecule has 1 aromatic carbocycles. The first-order chi connectivity index (χ1) is 10.0. The number of hydrogen-bond acceptors (Lipinski definition) is 5. The number of aliphatic hydroxyl groups is 1. The zero-order valence-corrected chi connectivity index (χ0v) is 13.3. The summed E-state index contributed by atoms with van der Waals surface area (Å²) in [7, 11) is -2.15. The number of aliphatic hydroxyl groups excluding tert-OH is 1. The van der Waals surface area contributed by atoms with Gasteiger partial charge in [0.25, 0.3) is 0 Å². The summed E-state index contributed by atoms with van der Waals surface area (Å²) in [5.41, 5.74) is -0.859. The average Bonchev–Trinajstić information content (AvgIpc) is 3.14. The molecular formula is C14H17NO4S2. The summed E-state index contributed by atoms with van der Waals surface area (Å²) in [6.45, 7) is 0.441. The van der Waals surface area contributed by atoms with Crippen molar-refractivity contribution >= 4 is 31.4 Å². The van der Waals surface area contributed by atoms with E-state index in [4.69, 9.17) is 4.74 Å². The maximum atomic E-state index is 12.9. The lowest BCUT2D eigenvalue weighted by atomic mass is 10.0. The standard InChI is InChI=1S/C14H17NO4S2/c1-15(14(9-16)6-7-19-10-14)21(17,18)13-8-20-12-5-3-2-4-11(12)13/h2-5,8,16H,6-7,9-10H2,1H3. The molecule has 2 aromatic rings. The van der Waals surface area contributed by atoms with Crippen LogP contribution in [0.4, 0.5) is 0 Å². The summed E-state index contributed by atoms with van der Waals surface area (Å²) in [5, 5.41) is 12.1. The minimum atomic E-state index is -3.67. The van der Waals surface area contributed by atoms with Crippen molar-refractivity contribution in [2.45, 2.75) is 16.9 Å². The Balaban J connectivity index is 2.08. The third-order valence-electron chi connectivity index (χ3n) is 4.13. The van der Waals surface area contributed by atoms with Gasteiger partial charge in [0.1, 0.15) is 4.90 Å². The highest BCUT2D eigenvalue weighted by Crippen LogP contribution is 2.35. The van der Waals surface area contributed by atoms with E-state index in [0.29, 0.717) is 17.9 Å². The van der Waals surface area contributed by atoms with Crippen LogP contribution in [0.3, 0.4) is 0 Å². The van der Waals surface area contributed by atoms with E-state index in [-0.39, 0.29) is 13.2 Å². The molecule has 0 amide bonds. The molecule has 1 atom stereocenters. The molecular weight excluding hydrogens is 310 g/mol. The van der Waals surface area contributed by atoms with Crippen molar-refractivity contribution in [2.24, 2.45) is 0 Å². The van der Waals surface area contributed by atoms with Crippen molar-refractivity contribution in [2.75, 3.05) is 26.9 Å². The van der Waals surface area contributed by atoms with Gasteiger partial charge in [-0.05, 0) is 12.5 Å². The molecule has 0 radical (unpaired) electrons. The van der Waals surface area contributed by atoms with Gasteiger partial charge < -0.3 is 9.84 Å². The summed E-state index contributed by atoms with van der Waals surface area (Å²) < 4.78 is 33.4. The van der Waals surface area contributed by atoms with Gasteiger partial charge in [0.2, 0.25) is 10.0 Å². The van der Waals surface area contributed by atoms with E-state index in [9.17, 15) is 13.5 Å². The number of nitrogens with zero attached hydrogens (tertiary/aromatic N) is 1. The van der Waals surface area contributed by atoms with Gasteiger partial charge in [-0.3, -0.25) is 0 Å². The molecule has 114 valence electrons. The molecule has 0 saturated carbocycles. The Bertz CT molecular complexity index is 747. The molecule has 0 aliphatic carbocycles. The van der Waals surface area contributed by atoms with Gasteiger partial charge in [-0.25, -0.2) is 8.42 Å². The van der Waals surface area contributed by atoms with E-state index in [0.717, 1.165) is 10.1 Å². The molecule has 1 unspecified atom stereocenters. The monoisotopic (exact) mass is 327 g/mol. The fraction of sp³-hybridized carbons (Fsp3) is 0.429. The Labute approximate surface area is 127 Å². The number of ether oxygens (including phenoxy) is 1. The van der Waals surface area contributed by atoms with Crippen LogP contribution in [-0.2, 0) is 14.8 Å². The van der Waals surface area contributed by atoms with Crippen molar-refractivity contribution in [1.82, 2.24) is 4.31 Å². The summed E-state index contributed by atoms with van der Waals surface area (Å²) in [6, 6.07) is 7.43. The Kier molecular flexibility index (Phi) is 3.79. The third kappa shape index (κ3) is 2.29. The highest BCUT2D eigenvalue weighted by Gasteiger charge is 2.45. The molecule has 3 rings (SSSR count). The average molecular weight is 327 g/mol. The lowest BCUT2D eigenvalue weighted by molar-refractivity contribution is 0.0824. The van der Waals surface area contributed by atoms with Crippen molar-refractivity contribution in [1.29, 1.82) is 0 Å². The summed E-state index contributed by atoms with van der Waals surface area (Å²) >= 11 is 1.41. The van der Waals surface area contributed by atoms with Crippen LogP contribution in [-0.4, -0.2) is 50.2 Å². The fourth-order valence-corrected chi connectivity index (χ4v) is 5.61. The van der Waals surface area contributed by atoms with E-state index >= 15 is 0 Å². The van der Waals surface area contributed by atoms with Gasteiger partial charge in [-0.15, -0.1) is 11.3 Å². The topological polar surface area (TPSA) is 66.8 Å². The van der Waals surface area contributed by atoms with Gasteiger partial charge in [0.05, 0.1) is 18.8 Å². The molecule has 5 nitrogen and oxygen atoms in total. The molecule has 1 saturated heterocycles. The minimum Gasteiger partial charge on any atom is -0.394 e.